The molecule has 1 aromatic carbocycles. The summed E-state index contributed by atoms with van der Waals surface area (Å²) in [6.07, 6.45) is 0. The van der Waals surface area contributed by atoms with Gasteiger partial charge in [-0.3, -0.25) is 0 Å². The van der Waals surface area contributed by atoms with Crippen molar-refractivity contribution in [1.29, 1.82) is 0 Å². The Morgan fingerprint density at radius 2 is 1.55 bits per heavy atom. The third-order valence-electron chi connectivity index (χ3n) is 2.68. The topological polar surface area (TPSA) is 38.9 Å². The van der Waals surface area contributed by atoms with Gasteiger partial charge in [-0.1, -0.05) is 53.5 Å². The summed E-state index contributed by atoms with van der Waals surface area (Å²) in [7, 11) is 0. The van der Waals surface area contributed by atoms with Crippen molar-refractivity contribution in [3.05, 3.63) is 57.4 Å². The van der Waals surface area contributed by atoms with Gasteiger partial charge >= 0.3 is 0 Å². The van der Waals surface area contributed by atoms with E-state index in [0.29, 0.717) is 32.1 Å². The summed E-state index contributed by atoms with van der Waals surface area (Å²) in [6.45, 7) is 0. The normalized spacial score (nSPS) is 10.8. The first-order chi connectivity index (χ1) is 9.65. The molecule has 2 heterocycles. The average Bonchev–Trinajstić information content (AvgIpc) is 2.86. The standard InChI is InChI=1S/C14H7BrCl2N2O/c15-10-7-6-9(20-10)14-18-12(16)11(13(17)19-14)8-4-2-1-3-5-8/h1-7H. The molecule has 0 aliphatic rings. The predicted octanol–water partition coefficient (Wildman–Crippen LogP) is 5.47. The van der Waals surface area contributed by atoms with E-state index in [1.807, 2.05) is 30.3 Å². The average molecular weight is 370 g/mol. The van der Waals surface area contributed by atoms with Crippen LogP contribution >= 0.6 is 39.1 Å². The van der Waals surface area contributed by atoms with E-state index in [-0.39, 0.29) is 0 Å². The number of halogens is 3. The van der Waals surface area contributed by atoms with Gasteiger partial charge in [0.25, 0.3) is 0 Å². The monoisotopic (exact) mass is 368 g/mol. The molecule has 6 heteroatoms. The van der Waals surface area contributed by atoms with E-state index in [4.69, 9.17) is 27.6 Å². The fraction of sp³-hybridized carbons (Fsp3) is 0. The zero-order valence-corrected chi connectivity index (χ0v) is 13.1. The van der Waals surface area contributed by atoms with Crippen LogP contribution < -0.4 is 0 Å². The molecule has 0 aliphatic carbocycles. The highest BCUT2D eigenvalue weighted by atomic mass is 79.9. The molecule has 0 amide bonds. The minimum atomic E-state index is 0.290. The van der Waals surface area contributed by atoms with Crippen molar-refractivity contribution in [2.24, 2.45) is 0 Å². The molecule has 3 nitrogen and oxygen atoms in total. The van der Waals surface area contributed by atoms with E-state index < -0.39 is 0 Å². The van der Waals surface area contributed by atoms with Crippen LogP contribution in [-0.4, -0.2) is 9.97 Å². The van der Waals surface area contributed by atoms with Crippen molar-refractivity contribution in [3.63, 3.8) is 0 Å². The van der Waals surface area contributed by atoms with Crippen LogP contribution in [0, 0.1) is 0 Å². The lowest BCUT2D eigenvalue weighted by atomic mass is 10.1. The first kappa shape index (κ1) is 13.6. The lowest BCUT2D eigenvalue weighted by Crippen LogP contribution is -1.93. The van der Waals surface area contributed by atoms with Crippen LogP contribution in [0.4, 0.5) is 0 Å². The van der Waals surface area contributed by atoms with Crippen molar-refractivity contribution < 1.29 is 4.42 Å². The lowest BCUT2D eigenvalue weighted by Gasteiger charge is -2.07. The highest BCUT2D eigenvalue weighted by Crippen LogP contribution is 2.34. The molecule has 0 saturated carbocycles. The number of benzene rings is 1. The number of hydrogen-bond donors (Lipinski definition) is 0. The predicted molar refractivity (Wildman–Crippen MR) is 82.9 cm³/mol. The Morgan fingerprint density at radius 1 is 0.900 bits per heavy atom. The Labute approximate surface area is 133 Å². The third-order valence-corrected chi connectivity index (χ3v) is 3.65. The van der Waals surface area contributed by atoms with E-state index in [1.165, 1.54) is 0 Å². The van der Waals surface area contributed by atoms with E-state index in [2.05, 4.69) is 25.9 Å². The zero-order valence-electron chi connectivity index (χ0n) is 9.98. The summed E-state index contributed by atoms with van der Waals surface area (Å²) in [6, 6.07) is 13.0. The van der Waals surface area contributed by atoms with Gasteiger partial charge in [-0.15, -0.1) is 0 Å². The quantitative estimate of drug-likeness (QED) is 0.562. The number of rotatable bonds is 2. The Balaban J connectivity index is 2.12. The van der Waals surface area contributed by atoms with Gasteiger partial charge in [-0.2, -0.15) is 0 Å². The van der Waals surface area contributed by atoms with Gasteiger partial charge in [0.2, 0.25) is 0 Å². The van der Waals surface area contributed by atoms with Gasteiger partial charge in [0, 0.05) is 0 Å². The molecule has 20 heavy (non-hydrogen) atoms. The second kappa shape index (κ2) is 5.56. The fourth-order valence-electron chi connectivity index (χ4n) is 1.80. The molecule has 0 radical (unpaired) electrons. The highest BCUT2D eigenvalue weighted by Gasteiger charge is 2.16. The summed E-state index contributed by atoms with van der Waals surface area (Å²) >= 11 is 15.7. The van der Waals surface area contributed by atoms with E-state index in [1.54, 1.807) is 12.1 Å². The summed E-state index contributed by atoms with van der Waals surface area (Å²) in [4.78, 5) is 8.50. The summed E-state index contributed by atoms with van der Waals surface area (Å²) in [5.41, 5.74) is 1.48. The Kier molecular flexibility index (Phi) is 3.78. The molecule has 0 N–H and O–H groups in total. The van der Waals surface area contributed by atoms with Crippen molar-refractivity contribution in [2.75, 3.05) is 0 Å². The second-order valence-electron chi connectivity index (χ2n) is 3.97. The number of nitrogens with zero attached hydrogens (tertiary/aromatic N) is 2. The highest BCUT2D eigenvalue weighted by molar-refractivity contribution is 9.10. The van der Waals surface area contributed by atoms with Gasteiger partial charge in [0.05, 0.1) is 5.56 Å². The van der Waals surface area contributed by atoms with Crippen molar-refractivity contribution in [2.45, 2.75) is 0 Å². The number of aromatic nitrogens is 2. The molecular weight excluding hydrogens is 363 g/mol. The molecule has 2 aromatic heterocycles. The molecule has 0 unspecified atom stereocenters. The SMILES string of the molecule is Clc1nc(-c2ccc(Br)o2)nc(Cl)c1-c1ccccc1. The van der Waals surface area contributed by atoms with Crippen LogP contribution in [0.5, 0.6) is 0 Å². The Bertz CT molecular complexity index is 736. The molecule has 0 aliphatic heterocycles. The fourth-order valence-corrected chi connectivity index (χ4v) is 2.71. The van der Waals surface area contributed by atoms with Crippen LogP contribution in [0.2, 0.25) is 10.3 Å². The maximum absolute atomic E-state index is 6.24. The second-order valence-corrected chi connectivity index (χ2v) is 5.47. The van der Waals surface area contributed by atoms with Crippen LogP contribution in [0.15, 0.2) is 51.6 Å². The summed E-state index contributed by atoms with van der Waals surface area (Å²) in [5.74, 6) is 0.852. The van der Waals surface area contributed by atoms with Crippen LogP contribution in [-0.2, 0) is 0 Å². The molecule has 0 spiro atoms. The lowest BCUT2D eigenvalue weighted by molar-refractivity contribution is 0.551. The van der Waals surface area contributed by atoms with Gasteiger partial charge in [-0.05, 0) is 33.6 Å². The van der Waals surface area contributed by atoms with E-state index in [9.17, 15) is 0 Å². The smallest absolute Gasteiger partial charge is 0.198 e. The molecule has 3 rings (SSSR count). The third kappa shape index (κ3) is 2.59. The molecule has 0 fully saturated rings. The minimum Gasteiger partial charge on any atom is -0.446 e. The first-order valence-corrected chi connectivity index (χ1v) is 7.24. The van der Waals surface area contributed by atoms with Crippen LogP contribution in [0.25, 0.3) is 22.7 Å². The van der Waals surface area contributed by atoms with Gasteiger partial charge in [-0.25, -0.2) is 9.97 Å². The van der Waals surface area contributed by atoms with Crippen LogP contribution in [0.1, 0.15) is 0 Å². The van der Waals surface area contributed by atoms with Gasteiger partial charge < -0.3 is 4.42 Å². The number of furan rings is 1. The van der Waals surface area contributed by atoms with Crippen molar-refractivity contribution >= 4 is 39.1 Å². The minimum absolute atomic E-state index is 0.290. The molecule has 0 atom stereocenters. The maximum Gasteiger partial charge on any atom is 0.198 e. The van der Waals surface area contributed by atoms with Gasteiger partial charge in [0.15, 0.2) is 16.3 Å². The maximum atomic E-state index is 6.24. The molecule has 0 bridgehead atoms. The summed E-state index contributed by atoms with van der Waals surface area (Å²) < 4.78 is 5.99. The first-order valence-electron chi connectivity index (χ1n) is 5.69. The van der Waals surface area contributed by atoms with E-state index >= 15 is 0 Å². The van der Waals surface area contributed by atoms with Crippen molar-refractivity contribution in [3.8, 4) is 22.7 Å². The Morgan fingerprint density at radius 3 is 2.10 bits per heavy atom. The number of hydrogen-bond acceptors (Lipinski definition) is 3. The zero-order chi connectivity index (χ0) is 14.1. The largest absolute Gasteiger partial charge is 0.446 e. The summed E-state index contributed by atoms with van der Waals surface area (Å²) in [5, 5.41) is 0.581. The van der Waals surface area contributed by atoms with Gasteiger partial charge in [0.1, 0.15) is 10.3 Å². The Hall–Kier alpha value is -1.36. The van der Waals surface area contributed by atoms with E-state index in [0.717, 1.165) is 5.56 Å². The van der Waals surface area contributed by atoms with Crippen LogP contribution in [0.3, 0.4) is 0 Å². The molecule has 3 aromatic rings. The van der Waals surface area contributed by atoms with Crippen molar-refractivity contribution in [1.82, 2.24) is 9.97 Å². The molecule has 100 valence electrons. The molecular formula is C14H7BrCl2N2O. The molecule has 0 saturated heterocycles.